The van der Waals surface area contributed by atoms with E-state index in [-0.39, 0.29) is 11.8 Å². The fourth-order valence-corrected chi connectivity index (χ4v) is 2.50. The molecule has 0 radical (unpaired) electrons. The molecule has 0 fully saturated rings. The molecule has 0 bridgehead atoms. The van der Waals surface area contributed by atoms with Gasteiger partial charge in [0.2, 0.25) is 0 Å². The van der Waals surface area contributed by atoms with E-state index in [2.05, 4.69) is 31.3 Å². The summed E-state index contributed by atoms with van der Waals surface area (Å²) in [6, 6.07) is 8.50. The second-order valence-corrected chi connectivity index (χ2v) is 6.78. The largest absolute Gasteiger partial charge is 0.310 e. The van der Waals surface area contributed by atoms with Gasteiger partial charge in [-0.1, -0.05) is 24.3 Å². The van der Waals surface area contributed by atoms with Gasteiger partial charge in [0.15, 0.2) is 0 Å². The number of sulfone groups is 1. The Bertz CT molecular complexity index is 454. The van der Waals surface area contributed by atoms with E-state index in [1.807, 2.05) is 12.1 Å². The predicted molar refractivity (Wildman–Crippen MR) is 71.9 cm³/mol. The topological polar surface area (TPSA) is 46.2 Å². The number of rotatable bonds is 6. The fourth-order valence-electron chi connectivity index (χ4n) is 1.84. The predicted octanol–water partition coefficient (Wildman–Crippen LogP) is 2.08. The number of benzene rings is 1. The Hall–Kier alpha value is -0.870. The first-order valence-electron chi connectivity index (χ1n) is 5.87. The lowest BCUT2D eigenvalue weighted by Gasteiger charge is -2.16. The van der Waals surface area contributed by atoms with E-state index >= 15 is 0 Å². The summed E-state index contributed by atoms with van der Waals surface area (Å²) in [5, 5.41) is 3.35. The maximum absolute atomic E-state index is 11.0. The van der Waals surface area contributed by atoms with E-state index in [4.69, 9.17) is 0 Å². The highest BCUT2D eigenvalue weighted by molar-refractivity contribution is 7.90. The molecule has 4 heteroatoms. The standard InChI is InChI=1S/C13H21NO2S/c1-11-7-4-5-8-13(11)12(2)14-9-6-10-17(3,15)16/h4-5,7-8,12,14H,6,9-10H2,1-3H3/t12-/m1/s1. The maximum Gasteiger partial charge on any atom is 0.147 e. The molecule has 0 aliphatic carbocycles. The van der Waals surface area contributed by atoms with Gasteiger partial charge in [-0.3, -0.25) is 0 Å². The molecule has 0 aromatic heterocycles. The summed E-state index contributed by atoms with van der Waals surface area (Å²) < 4.78 is 21.9. The van der Waals surface area contributed by atoms with Crippen LogP contribution in [0, 0.1) is 6.92 Å². The molecule has 1 aromatic carbocycles. The van der Waals surface area contributed by atoms with Crippen LogP contribution < -0.4 is 5.32 Å². The van der Waals surface area contributed by atoms with Crippen LogP contribution in [0.1, 0.15) is 30.5 Å². The monoisotopic (exact) mass is 255 g/mol. The van der Waals surface area contributed by atoms with Gasteiger partial charge in [-0.15, -0.1) is 0 Å². The zero-order chi connectivity index (χ0) is 12.9. The first kappa shape index (κ1) is 14.2. The van der Waals surface area contributed by atoms with Crippen molar-refractivity contribution in [3.63, 3.8) is 0 Å². The molecule has 96 valence electrons. The Morgan fingerprint density at radius 2 is 1.94 bits per heavy atom. The zero-order valence-electron chi connectivity index (χ0n) is 10.7. The first-order chi connectivity index (χ1) is 7.90. The van der Waals surface area contributed by atoms with Gasteiger partial charge in [-0.2, -0.15) is 0 Å². The Morgan fingerprint density at radius 3 is 2.53 bits per heavy atom. The molecule has 0 amide bonds. The van der Waals surface area contributed by atoms with Crippen molar-refractivity contribution < 1.29 is 8.42 Å². The minimum atomic E-state index is -2.83. The average molecular weight is 255 g/mol. The third kappa shape index (κ3) is 5.33. The molecular formula is C13H21NO2S. The first-order valence-corrected chi connectivity index (χ1v) is 7.93. The smallest absolute Gasteiger partial charge is 0.147 e. The van der Waals surface area contributed by atoms with E-state index in [1.165, 1.54) is 17.4 Å². The van der Waals surface area contributed by atoms with Crippen LogP contribution >= 0.6 is 0 Å². The number of hydrogen-bond donors (Lipinski definition) is 1. The highest BCUT2D eigenvalue weighted by atomic mass is 32.2. The highest BCUT2D eigenvalue weighted by Gasteiger charge is 2.07. The summed E-state index contributed by atoms with van der Waals surface area (Å²) in [6.45, 7) is 4.91. The van der Waals surface area contributed by atoms with E-state index in [1.54, 1.807) is 0 Å². The molecule has 0 aliphatic rings. The van der Waals surface area contributed by atoms with Crippen molar-refractivity contribution in [3.8, 4) is 0 Å². The SMILES string of the molecule is Cc1ccccc1[C@@H](C)NCCCS(C)(=O)=O. The van der Waals surface area contributed by atoms with Crippen molar-refractivity contribution in [1.82, 2.24) is 5.32 Å². The van der Waals surface area contributed by atoms with E-state index in [0.29, 0.717) is 6.42 Å². The lowest BCUT2D eigenvalue weighted by molar-refractivity contribution is 0.560. The molecule has 0 saturated carbocycles. The molecule has 0 aliphatic heterocycles. The molecule has 0 saturated heterocycles. The van der Waals surface area contributed by atoms with Gasteiger partial charge in [-0.05, 0) is 37.9 Å². The summed E-state index contributed by atoms with van der Waals surface area (Å²) in [5.74, 6) is 0.250. The zero-order valence-corrected chi connectivity index (χ0v) is 11.5. The van der Waals surface area contributed by atoms with Crippen molar-refractivity contribution in [3.05, 3.63) is 35.4 Å². The summed E-state index contributed by atoms with van der Waals surface area (Å²) in [7, 11) is -2.83. The number of hydrogen-bond acceptors (Lipinski definition) is 3. The van der Waals surface area contributed by atoms with E-state index in [0.717, 1.165) is 6.54 Å². The molecular weight excluding hydrogens is 234 g/mol. The maximum atomic E-state index is 11.0. The van der Waals surface area contributed by atoms with E-state index < -0.39 is 9.84 Å². The van der Waals surface area contributed by atoms with Crippen molar-refractivity contribution >= 4 is 9.84 Å². The summed E-state index contributed by atoms with van der Waals surface area (Å²) in [5.41, 5.74) is 2.53. The van der Waals surface area contributed by atoms with Crippen molar-refractivity contribution in [1.29, 1.82) is 0 Å². The van der Waals surface area contributed by atoms with Gasteiger partial charge in [0.25, 0.3) is 0 Å². The fraction of sp³-hybridized carbons (Fsp3) is 0.538. The number of nitrogens with one attached hydrogen (secondary N) is 1. The Labute approximate surface area is 104 Å². The van der Waals surface area contributed by atoms with Crippen LogP contribution in [0.15, 0.2) is 24.3 Å². The number of aryl methyl sites for hydroxylation is 1. The van der Waals surface area contributed by atoms with Gasteiger partial charge in [0.05, 0.1) is 5.75 Å². The van der Waals surface area contributed by atoms with Crippen LogP contribution in [-0.2, 0) is 9.84 Å². The molecule has 1 aromatic rings. The van der Waals surface area contributed by atoms with Crippen LogP contribution in [0.3, 0.4) is 0 Å². The second kappa shape index (κ2) is 6.17. The Kier molecular flexibility index (Phi) is 5.15. The molecule has 0 heterocycles. The van der Waals surface area contributed by atoms with Crippen LogP contribution in [0.4, 0.5) is 0 Å². The van der Waals surface area contributed by atoms with Crippen LogP contribution in [0.5, 0.6) is 0 Å². The Morgan fingerprint density at radius 1 is 1.29 bits per heavy atom. The second-order valence-electron chi connectivity index (χ2n) is 4.52. The van der Waals surface area contributed by atoms with Crippen LogP contribution in [0.2, 0.25) is 0 Å². The van der Waals surface area contributed by atoms with E-state index in [9.17, 15) is 8.42 Å². The third-order valence-electron chi connectivity index (χ3n) is 2.80. The van der Waals surface area contributed by atoms with Crippen LogP contribution in [-0.4, -0.2) is 27.0 Å². The summed E-state index contributed by atoms with van der Waals surface area (Å²) in [6.07, 6.45) is 1.94. The Balaban J connectivity index is 2.41. The lowest BCUT2D eigenvalue weighted by Crippen LogP contribution is -2.22. The molecule has 1 N–H and O–H groups in total. The summed E-state index contributed by atoms with van der Waals surface area (Å²) >= 11 is 0. The summed E-state index contributed by atoms with van der Waals surface area (Å²) in [4.78, 5) is 0. The molecule has 17 heavy (non-hydrogen) atoms. The average Bonchev–Trinajstić information content (AvgIpc) is 2.23. The van der Waals surface area contributed by atoms with Crippen LogP contribution in [0.25, 0.3) is 0 Å². The van der Waals surface area contributed by atoms with Gasteiger partial charge < -0.3 is 5.32 Å². The third-order valence-corrected chi connectivity index (χ3v) is 3.83. The lowest BCUT2D eigenvalue weighted by atomic mass is 10.0. The van der Waals surface area contributed by atoms with Gasteiger partial charge >= 0.3 is 0 Å². The van der Waals surface area contributed by atoms with Crippen molar-refractivity contribution in [2.75, 3.05) is 18.6 Å². The van der Waals surface area contributed by atoms with Gasteiger partial charge in [0.1, 0.15) is 9.84 Å². The quantitative estimate of drug-likeness (QED) is 0.792. The molecule has 1 rings (SSSR count). The van der Waals surface area contributed by atoms with Crippen molar-refractivity contribution in [2.24, 2.45) is 0 Å². The molecule has 0 unspecified atom stereocenters. The minimum Gasteiger partial charge on any atom is -0.310 e. The van der Waals surface area contributed by atoms with Gasteiger partial charge in [0, 0.05) is 12.3 Å². The normalized spacial score (nSPS) is 13.6. The molecule has 3 nitrogen and oxygen atoms in total. The highest BCUT2D eigenvalue weighted by Crippen LogP contribution is 2.16. The van der Waals surface area contributed by atoms with Crippen molar-refractivity contribution in [2.45, 2.75) is 26.3 Å². The minimum absolute atomic E-state index is 0.250. The molecule has 0 spiro atoms. The molecule has 1 atom stereocenters. The van der Waals surface area contributed by atoms with Gasteiger partial charge in [-0.25, -0.2) is 8.42 Å².